The van der Waals surface area contributed by atoms with Gasteiger partial charge in [0, 0.05) is 29.4 Å². The van der Waals surface area contributed by atoms with Crippen LogP contribution < -0.4 is 0 Å². The van der Waals surface area contributed by atoms with E-state index in [0.717, 1.165) is 30.4 Å². The van der Waals surface area contributed by atoms with Crippen LogP contribution in [0.15, 0.2) is 23.8 Å². The zero-order valence-corrected chi connectivity index (χ0v) is 14.4. The highest BCUT2D eigenvalue weighted by Crippen LogP contribution is 2.61. The lowest BCUT2D eigenvalue weighted by atomic mass is 9.47. The van der Waals surface area contributed by atoms with Gasteiger partial charge in [-0.3, -0.25) is 9.59 Å². The molecule has 0 aromatic heterocycles. The second kappa shape index (κ2) is 4.66. The third kappa shape index (κ3) is 2.06. The zero-order valence-electron chi connectivity index (χ0n) is 14.4. The summed E-state index contributed by atoms with van der Waals surface area (Å²) in [6.45, 7) is 12.7. The highest BCUT2D eigenvalue weighted by molar-refractivity contribution is 6.10. The summed E-state index contributed by atoms with van der Waals surface area (Å²) in [5.41, 5.74) is 1.50. The molecule has 22 heavy (non-hydrogen) atoms. The van der Waals surface area contributed by atoms with Crippen LogP contribution in [-0.4, -0.2) is 11.6 Å². The van der Waals surface area contributed by atoms with Gasteiger partial charge < -0.3 is 0 Å². The van der Waals surface area contributed by atoms with Gasteiger partial charge in [-0.15, -0.1) is 6.58 Å². The minimum atomic E-state index is -0.251. The van der Waals surface area contributed by atoms with Gasteiger partial charge in [-0.05, 0) is 36.0 Å². The fourth-order valence-corrected chi connectivity index (χ4v) is 5.46. The number of carbonyl (C=O) groups is 2. The summed E-state index contributed by atoms with van der Waals surface area (Å²) >= 11 is 0. The normalized spacial score (nSPS) is 41.0. The monoisotopic (exact) mass is 300 g/mol. The number of Topliss-reactive ketones (excluding diaryl/α,β-unsaturated/α-hetero) is 2. The molecule has 0 saturated heterocycles. The molecule has 0 N–H and O–H groups in total. The molecular formula is C20H28O2. The molecule has 3 aliphatic rings. The minimum absolute atomic E-state index is 0.107. The second-order valence-corrected chi connectivity index (χ2v) is 8.93. The Labute approximate surface area is 134 Å². The van der Waals surface area contributed by atoms with Gasteiger partial charge in [0.2, 0.25) is 0 Å². The number of fused-ring (bicyclic) bond motifs is 2. The van der Waals surface area contributed by atoms with Crippen LogP contribution >= 0.6 is 0 Å². The van der Waals surface area contributed by atoms with Crippen LogP contribution in [0.2, 0.25) is 0 Å². The van der Waals surface area contributed by atoms with Gasteiger partial charge in [0.15, 0.2) is 11.6 Å². The highest BCUT2D eigenvalue weighted by Gasteiger charge is 2.56. The van der Waals surface area contributed by atoms with Crippen LogP contribution in [0.1, 0.15) is 66.2 Å². The maximum Gasteiger partial charge on any atom is 0.160 e. The molecule has 0 amide bonds. The standard InChI is InChI=1S/C20H28O2/c1-6-19(4)11-13-14(21)10-16-18(2,3)8-7-9-20(16,5)17(13)15(22)12-19/h6,16H,1,7-12H2,2-5H3/t16-,19-,20-/m0/s1. The molecule has 0 heterocycles. The molecule has 0 aromatic rings. The molecule has 0 aromatic carbocycles. The largest absolute Gasteiger partial charge is 0.295 e. The fraction of sp³-hybridized carbons (Fsp3) is 0.700. The summed E-state index contributed by atoms with van der Waals surface area (Å²) in [5, 5.41) is 0. The van der Waals surface area contributed by atoms with Gasteiger partial charge in [0.05, 0.1) is 0 Å². The molecule has 120 valence electrons. The fourth-order valence-electron chi connectivity index (χ4n) is 5.46. The Morgan fingerprint density at radius 1 is 1.05 bits per heavy atom. The lowest BCUT2D eigenvalue weighted by molar-refractivity contribution is -0.129. The van der Waals surface area contributed by atoms with Gasteiger partial charge in [0.25, 0.3) is 0 Å². The zero-order chi connectivity index (χ0) is 16.3. The molecule has 3 rings (SSSR count). The quantitative estimate of drug-likeness (QED) is 0.661. The maximum absolute atomic E-state index is 13.0. The van der Waals surface area contributed by atoms with E-state index in [2.05, 4.69) is 27.4 Å². The van der Waals surface area contributed by atoms with Crippen LogP contribution in [0.4, 0.5) is 0 Å². The summed E-state index contributed by atoms with van der Waals surface area (Å²) in [6, 6.07) is 0. The van der Waals surface area contributed by atoms with Crippen LogP contribution in [0, 0.1) is 22.2 Å². The van der Waals surface area contributed by atoms with Gasteiger partial charge in [-0.1, -0.05) is 40.2 Å². The number of rotatable bonds is 1. The second-order valence-electron chi connectivity index (χ2n) is 8.93. The number of hydrogen-bond donors (Lipinski definition) is 0. The molecule has 0 unspecified atom stereocenters. The average molecular weight is 300 g/mol. The van der Waals surface area contributed by atoms with Crippen molar-refractivity contribution in [2.45, 2.75) is 66.2 Å². The highest BCUT2D eigenvalue weighted by atomic mass is 16.1. The topological polar surface area (TPSA) is 34.1 Å². The minimum Gasteiger partial charge on any atom is -0.295 e. The SMILES string of the molecule is C=C[C@]1(C)CC(=O)C2=C(C1)C(=O)C[C@H]1C(C)(C)CCC[C@]21C. The molecule has 3 aliphatic carbocycles. The molecule has 1 fully saturated rings. The predicted molar refractivity (Wildman–Crippen MR) is 88.4 cm³/mol. The third-order valence-corrected chi connectivity index (χ3v) is 6.75. The first-order chi connectivity index (χ1) is 10.1. The molecule has 0 radical (unpaired) electrons. The Morgan fingerprint density at radius 3 is 2.36 bits per heavy atom. The van der Waals surface area contributed by atoms with Crippen LogP contribution in [0.5, 0.6) is 0 Å². The van der Waals surface area contributed by atoms with Crippen molar-refractivity contribution < 1.29 is 9.59 Å². The number of allylic oxidation sites excluding steroid dienone is 3. The molecule has 0 spiro atoms. The van der Waals surface area contributed by atoms with E-state index in [1.165, 1.54) is 0 Å². The van der Waals surface area contributed by atoms with Crippen molar-refractivity contribution in [3.63, 3.8) is 0 Å². The first kappa shape index (κ1) is 15.7. The molecule has 2 heteroatoms. The smallest absolute Gasteiger partial charge is 0.160 e. The van der Waals surface area contributed by atoms with Crippen LogP contribution in [-0.2, 0) is 9.59 Å². The number of ketones is 2. The maximum atomic E-state index is 13.0. The van der Waals surface area contributed by atoms with Gasteiger partial charge >= 0.3 is 0 Å². The van der Waals surface area contributed by atoms with Crippen molar-refractivity contribution in [1.82, 2.24) is 0 Å². The predicted octanol–water partition coefficient (Wildman–Crippen LogP) is 4.64. The molecule has 3 atom stereocenters. The third-order valence-electron chi connectivity index (χ3n) is 6.75. The number of carbonyl (C=O) groups excluding carboxylic acids is 2. The van der Waals surface area contributed by atoms with Gasteiger partial charge in [-0.25, -0.2) is 0 Å². The Morgan fingerprint density at radius 2 is 1.73 bits per heavy atom. The van der Waals surface area contributed by atoms with Gasteiger partial charge in [0.1, 0.15) is 0 Å². The van der Waals surface area contributed by atoms with Crippen molar-refractivity contribution in [3.05, 3.63) is 23.8 Å². The Balaban J connectivity index is 2.15. The molecule has 0 aliphatic heterocycles. The Bertz CT molecular complexity index is 595. The summed E-state index contributed by atoms with van der Waals surface area (Å²) in [6.07, 6.45) is 7.02. The van der Waals surface area contributed by atoms with E-state index in [-0.39, 0.29) is 27.8 Å². The van der Waals surface area contributed by atoms with Crippen LogP contribution in [0.25, 0.3) is 0 Å². The summed E-state index contributed by atoms with van der Waals surface area (Å²) in [4.78, 5) is 25.8. The molecule has 0 bridgehead atoms. The van der Waals surface area contributed by atoms with E-state index in [9.17, 15) is 9.59 Å². The molecular weight excluding hydrogens is 272 g/mol. The lowest BCUT2D eigenvalue weighted by Gasteiger charge is -2.55. The number of hydrogen-bond acceptors (Lipinski definition) is 2. The van der Waals surface area contributed by atoms with Crippen molar-refractivity contribution in [2.75, 3.05) is 0 Å². The van der Waals surface area contributed by atoms with Crippen molar-refractivity contribution >= 4 is 11.6 Å². The first-order valence-electron chi connectivity index (χ1n) is 8.57. The van der Waals surface area contributed by atoms with Crippen molar-refractivity contribution in [3.8, 4) is 0 Å². The summed E-state index contributed by atoms with van der Waals surface area (Å²) in [7, 11) is 0. The average Bonchev–Trinajstić information content (AvgIpc) is 2.40. The Kier molecular flexibility index (Phi) is 3.33. The first-order valence-corrected chi connectivity index (χ1v) is 8.57. The van der Waals surface area contributed by atoms with Crippen LogP contribution in [0.3, 0.4) is 0 Å². The molecule has 1 saturated carbocycles. The van der Waals surface area contributed by atoms with E-state index >= 15 is 0 Å². The van der Waals surface area contributed by atoms with Crippen molar-refractivity contribution in [1.29, 1.82) is 0 Å². The van der Waals surface area contributed by atoms with Crippen molar-refractivity contribution in [2.24, 2.45) is 22.2 Å². The van der Waals surface area contributed by atoms with E-state index < -0.39 is 0 Å². The lowest BCUT2D eigenvalue weighted by Crippen LogP contribution is -2.51. The van der Waals surface area contributed by atoms with E-state index in [0.29, 0.717) is 25.2 Å². The Hall–Kier alpha value is -1.18. The summed E-state index contributed by atoms with van der Waals surface area (Å²) in [5.74, 6) is 0.715. The van der Waals surface area contributed by atoms with E-state index in [1.54, 1.807) is 0 Å². The van der Waals surface area contributed by atoms with Gasteiger partial charge in [-0.2, -0.15) is 0 Å². The van der Waals surface area contributed by atoms with E-state index in [4.69, 9.17) is 0 Å². The van der Waals surface area contributed by atoms with E-state index in [1.807, 2.05) is 13.0 Å². The summed E-state index contributed by atoms with van der Waals surface area (Å²) < 4.78 is 0. The molecule has 2 nitrogen and oxygen atoms in total.